The van der Waals surface area contributed by atoms with Gasteiger partial charge in [0.15, 0.2) is 0 Å². The second kappa shape index (κ2) is 9.24. The highest BCUT2D eigenvalue weighted by Crippen LogP contribution is 2.35. The summed E-state index contributed by atoms with van der Waals surface area (Å²) in [6, 6.07) is 1.99. The van der Waals surface area contributed by atoms with Crippen LogP contribution < -0.4 is 10.5 Å². The van der Waals surface area contributed by atoms with Crippen molar-refractivity contribution in [3.05, 3.63) is 31.9 Å². The van der Waals surface area contributed by atoms with E-state index in [9.17, 15) is 19.6 Å². The number of carbonyl (C=O) groups excluding carboxylic acids is 2. The molecule has 2 saturated heterocycles. The first-order valence-corrected chi connectivity index (χ1v) is 11.2. The molecule has 2 aliphatic heterocycles. The number of pyridine rings is 1. The summed E-state index contributed by atoms with van der Waals surface area (Å²) < 4.78 is 7.05. The van der Waals surface area contributed by atoms with Gasteiger partial charge >= 0.3 is 5.97 Å². The number of amides is 1. The predicted octanol–water partition coefficient (Wildman–Crippen LogP) is 2.18. The van der Waals surface area contributed by atoms with E-state index in [0.29, 0.717) is 58.7 Å². The lowest BCUT2D eigenvalue weighted by atomic mass is 9.95. The van der Waals surface area contributed by atoms with E-state index in [4.69, 9.17) is 17.0 Å². The molecule has 0 saturated carbocycles. The number of hydrogen-bond donors (Lipinski definition) is 0. The maximum atomic E-state index is 12.8. The van der Waals surface area contributed by atoms with Gasteiger partial charge in [-0.3, -0.25) is 23.9 Å². The van der Waals surface area contributed by atoms with Crippen molar-refractivity contribution >= 4 is 52.1 Å². The number of thioether (sulfide) groups is 1. The summed E-state index contributed by atoms with van der Waals surface area (Å²) in [6.45, 7) is 4.96. The number of likely N-dealkylation sites (N-methyl/N-ethyl adjacent to an activating group) is 1. The SMILES string of the molecule is CCOC(=O)C1CCN(c2c(/C=C3\SC(=S)N(C)C3=O)c(C)c(C#N)c(=O)n2C)CC1. The molecule has 1 aromatic heterocycles. The van der Waals surface area contributed by atoms with Crippen molar-refractivity contribution in [3.63, 3.8) is 0 Å². The highest BCUT2D eigenvalue weighted by Gasteiger charge is 2.32. The average Bonchev–Trinajstić information content (AvgIpc) is 2.99. The number of esters is 1. The van der Waals surface area contributed by atoms with Gasteiger partial charge in [0, 0.05) is 32.7 Å². The summed E-state index contributed by atoms with van der Waals surface area (Å²) in [5.41, 5.74) is 0.824. The van der Waals surface area contributed by atoms with Crippen LogP contribution in [0.2, 0.25) is 0 Å². The minimum Gasteiger partial charge on any atom is -0.466 e. The van der Waals surface area contributed by atoms with Gasteiger partial charge in [-0.05, 0) is 38.3 Å². The highest BCUT2D eigenvalue weighted by molar-refractivity contribution is 8.26. The lowest BCUT2D eigenvalue weighted by Crippen LogP contribution is -2.40. The normalized spacial score (nSPS) is 18.6. The fourth-order valence-corrected chi connectivity index (χ4v) is 5.02. The summed E-state index contributed by atoms with van der Waals surface area (Å²) in [6.07, 6.45) is 2.91. The van der Waals surface area contributed by atoms with Crippen molar-refractivity contribution in [2.45, 2.75) is 26.7 Å². The van der Waals surface area contributed by atoms with Crippen molar-refractivity contribution < 1.29 is 14.3 Å². The van der Waals surface area contributed by atoms with Gasteiger partial charge in [-0.1, -0.05) is 24.0 Å². The van der Waals surface area contributed by atoms with Crippen LogP contribution in [0.1, 0.15) is 36.5 Å². The molecule has 8 nitrogen and oxygen atoms in total. The molecule has 31 heavy (non-hydrogen) atoms. The minimum absolute atomic E-state index is 0.0471. The summed E-state index contributed by atoms with van der Waals surface area (Å²) in [5, 5.41) is 9.54. The Labute approximate surface area is 190 Å². The number of hydrogen-bond acceptors (Lipinski definition) is 8. The molecule has 1 amide bonds. The molecule has 1 aromatic rings. The Morgan fingerprint density at radius 3 is 2.48 bits per heavy atom. The van der Waals surface area contributed by atoms with E-state index in [0.717, 1.165) is 0 Å². The van der Waals surface area contributed by atoms with Crippen LogP contribution in [0.25, 0.3) is 6.08 Å². The van der Waals surface area contributed by atoms with Gasteiger partial charge in [0.05, 0.1) is 17.4 Å². The van der Waals surface area contributed by atoms with E-state index in [1.807, 2.05) is 11.0 Å². The number of rotatable bonds is 4. The molecule has 0 N–H and O–H groups in total. The summed E-state index contributed by atoms with van der Waals surface area (Å²) in [4.78, 5) is 41.3. The second-order valence-corrected chi connectivity index (χ2v) is 9.14. The van der Waals surface area contributed by atoms with Crippen molar-refractivity contribution in [3.8, 4) is 6.07 Å². The zero-order chi connectivity index (χ0) is 22.9. The predicted molar refractivity (Wildman–Crippen MR) is 124 cm³/mol. The van der Waals surface area contributed by atoms with Crippen LogP contribution >= 0.6 is 24.0 Å². The van der Waals surface area contributed by atoms with Crippen LogP contribution in [0.15, 0.2) is 9.70 Å². The van der Waals surface area contributed by atoms with Gasteiger partial charge in [-0.25, -0.2) is 0 Å². The number of nitrogens with zero attached hydrogens (tertiary/aromatic N) is 4. The first-order chi connectivity index (χ1) is 14.7. The standard InChI is InChI=1S/C21H24N4O4S2/c1-5-29-20(28)13-6-8-25(9-7-13)17-14(10-16-19(27)24(4)21(30)31-16)12(2)15(11-22)18(26)23(17)3/h10,13H,5-9H2,1-4H3/b16-10-. The number of piperidine rings is 1. The van der Waals surface area contributed by atoms with Crippen molar-refractivity contribution in [1.82, 2.24) is 9.47 Å². The maximum Gasteiger partial charge on any atom is 0.309 e. The minimum atomic E-state index is -0.386. The molecular weight excluding hydrogens is 436 g/mol. The summed E-state index contributed by atoms with van der Waals surface area (Å²) >= 11 is 6.42. The largest absolute Gasteiger partial charge is 0.466 e. The summed E-state index contributed by atoms with van der Waals surface area (Å²) in [7, 11) is 3.24. The van der Waals surface area contributed by atoms with Gasteiger partial charge in [0.25, 0.3) is 11.5 Å². The Kier molecular flexibility index (Phi) is 6.86. The molecule has 0 spiro atoms. The first-order valence-electron chi connectivity index (χ1n) is 9.98. The van der Waals surface area contributed by atoms with E-state index >= 15 is 0 Å². The van der Waals surface area contributed by atoms with Gasteiger partial charge in [0.2, 0.25) is 0 Å². The van der Waals surface area contributed by atoms with Crippen molar-refractivity contribution in [1.29, 1.82) is 5.26 Å². The number of carbonyl (C=O) groups is 2. The third-order valence-electron chi connectivity index (χ3n) is 5.64. The Balaban J connectivity index is 2.06. The van der Waals surface area contributed by atoms with Crippen molar-refractivity contribution in [2.24, 2.45) is 13.0 Å². The van der Waals surface area contributed by atoms with Crippen LogP contribution in [0.3, 0.4) is 0 Å². The molecule has 2 aliphatic rings. The molecule has 3 heterocycles. The third kappa shape index (κ3) is 4.25. The molecule has 2 fully saturated rings. The zero-order valence-corrected chi connectivity index (χ0v) is 19.6. The van der Waals surface area contributed by atoms with Gasteiger partial charge < -0.3 is 9.64 Å². The average molecular weight is 461 g/mol. The van der Waals surface area contributed by atoms with Gasteiger partial charge in [-0.2, -0.15) is 5.26 Å². The Morgan fingerprint density at radius 2 is 1.97 bits per heavy atom. The molecule has 0 radical (unpaired) electrons. The van der Waals surface area contributed by atoms with Crippen molar-refractivity contribution in [2.75, 3.05) is 31.6 Å². The molecule has 0 atom stereocenters. The van der Waals surface area contributed by atoms with Crippen LogP contribution in [0.5, 0.6) is 0 Å². The van der Waals surface area contributed by atoms with E-state index < -0.39 is 0 Å². The van der Waals surface area contributed by atoms with E-state index in [-0.39, 0.29) is 28.9 Å². The molecule has 3 rings (SSSR count). The Hall–Kier alpha value is -2.64. The van der Waals surface area contributed by atoms with E-state index in [2.05, 4.69) is 0 Å². The summed E-state index contributed by atoms with van der Waals surface area (Å²) in [5.74, 6) is 0.0466. The smallest absolute Gasteiger partial charge is 0.309 e. The Bertz CT molecular complexity index is 1080. The van der Waals surface area contributed by atoms with Crippen LogP contribution in [0, 0.1) is 24.2 Å². The lowest BCUT2D eigenvalue weighted by Gasteiger charge is -2.35. The van der Waals surface area contributed by atoms with Gasteiger partial charge in [-0.15, -0.1) is 0 Å². The third-order valence-corrected chi connectivity index (χ3v) is 7.13. The van der Waals surface area contributed by atoms with Crippen LogP contribution in [0.4, 0.5) is 5.82 Å². The maximum absolute atomic E-state index is 12.8. The fourth-order valence-electron chi connectivity index (χ4n) is 3.86. The molecule has 164 valence electrons. The van der Waals surface area contributed by atoms with Crippen LogP contribution in [-0.4, -0.2) is 52.4 Å². The number of anilines is 1. The van der Waals surface area contributed by atoms with Gasteiger partial charge in [0.1, 0.15) is 21.8 Å². The first kappa shape index (κ1) is 23.0. The molecule has 0 bridgehead atoms. The van der Waals surface area contributed by atoms with E-state index in [1.54, 1.807) is 34.0 Å². The quantitative estimate of drug-likeness (QED) is 0.383. The molecular formula is C21H24N4O4S2. The number of thiocarbonyl (C=S) groups is 1. The lowest BCUT2D eigenvalue weighted by molar-refractivity contribution is -0.148. The van der Waals surface area contributed by atoms with E-state index in [1.165, 1.54) is 21.2 Å². The zero-order valence-electron chi connectivity index (χ0n) is 17.9. The Morgan fingerprint density at radius 1 is 1.32 bits per heavy atom. The monoisotopic (exact) mass is 460 g/mol. The fraction of sp³-hybridized carbons (Fsp3) is 0.476. The molecule has 0 unspecified atom stereocenters. The van der Waals surface area contributed by atoms with Crippen LogP contribution in [-0.2, 0) is 21.4 Å². The topological polar surface area (TPSA) is 95.6 Å². The molecule has 0 aromatic carbocycles. The number of nitriles is 1. The second-order valence-electron chi connectivity index (χ2n) is 7.47. The number of ether oxygens (including phenoxy) is 1. The molecule has 0 aliphatic carbocycles. The highest BCUT2D eigenvalue weighted by atomic mass is 32.2. The molecule has 10 heteroatoms. The number of aromatic nitrogens is 1.